The number of nitrogens with zero attached hydrogens (tertiary/aromatic N) is 1. The Kier molecular flexibility index (Phi) is 5.18. The maximum atomic E-state index is 11.5. The molecule has 20 heavy (non-hydrogen) atoms. The van der Waals surface area contributed by atoms with Crippen LogP contribution in [0, 0.1) is 5.92 Å². The molecule has 2 aliphatic rings. The van der Waals surface area contributed by atoms with Crippen molar-refractivity contribution in [2.24, 2.45) is 17.4 Å². The van der Waals surface area contributed by atoms with Gasteiger partial charge in [-0.2, -0.15) is 4.31 Å². The van der Waals surface area contributed by atoms with Gasteiger partial charge in [0.2, 0.25) is 0 Å². The fourth-order valence-corrected chi connectivity index (χ4v) is 5.13. The number of primary amides is 2. The van der Waals surface area contributed by atoms with Gasteiger partial charge in [-0.1, -0.05) is 38.5 Å². The standard InChI is InChI=1S/C14H25N3O2S/c15-12(18)17(13(16)19)20-14(9-5-2-6-10-14)11-7-3-1-4-8-11/h11H,1-10H2,(H2,15,18)(H2,16,19). The highest BCUT2D eigenvalue weighted by Crippen LogP contribution is 2.51. The van der Waals surface area contributed by atoms with Crippen LogP contribution in [-0.2, 0) is 0 Å². The third kappa shape index (κ3) is 3.40. The predicted octanol–water partition coefficient (Wildman–Crippen LogP) is 3.38. The number of hydrogen-bond donors (Lipinski definition) is 2. The summed E-state index contributed by atoms with van der Waals surface area (Å²) in [6.45, 7) is 0. The molecule has 0 aromatic heterocycles. The van der Waals surface area contributed by atoms with E-state index in [0.29, 0.717) is 5.92 Å². The lowest BCUT2D eigenvalue weighted by atomic mass is 9.72. The van der Waals surface area contributed by atoms with Crippen molar-refractivity contribution >= 4 is 24.0 Å². The molecule has 0 radical (unpaired) electrons. The average molecular weight is 299 g/mol. The van der Waals surface area contributed by atoms with Crippen molar-refractivity contribution in [3.05, 3.63) is 0 Å². The van der Waals surface area contributed by atoms with Crippen LogP contribution in [0.4, 0.5) is 9.59 Å². The summed E-state index contributed by atoms with van der Waals surface area (Å²) in [7, 11) is 0. The maximum Gasteiger partial charge on any atom is 0.333 e. The van der Waals surface area contributed by atoms with Crippen LogP contribution in [0.2, 0.25) is 0 Å². The van der Waals surface area contributed by atoms with Gasteiger partial charge in [-0.05, 0) is 43.5 Å². The molecule has 2 aliphatic carbocycles. The van der Waals surface area contributed by atoms with Crippen molar-refractivity contribution < 1.29 is 9.59 Å². The first-order valence-electron chi connectivity index (χ1n) is 7.63. The van der Waals surface area contributed by atoms with E-state index < -0.39 is 12.1 Å². The smallest absolute Gasteiger partial charge is 0.333 e. The zero-order valence-corrected chi connectivity index (χ0v) is 12.8. The minimum Gasteiger partial charge on any atom is -0.350 e. The van der Waals surface area contributed by atoms with Crippen molar-refractivity contribution in [3.8, 4) is 0 Å². The second kappa shape index (κ2) is 6.70. The maximum absolute atomic E-state index is 11.5. The highest BCUT2D eigenvalue weighted by molar-refractivity contribution is 7.99. The van der Waals surface area contributed by atoms with E-state index in [1.807, 2.05) is 0 Å². The summed E-state index contributed by atoms with van der Waals surface area (Å²) in [5.41, 5.74) is 10.6. The molecule has 6 heteroatoms. The normalized spacial score (nSPS) is 23.2. The van der Waals surface area contributed by atoms with Crippen molar-refractivity contribution in [2.75, 3.05) is 0 Å². The Hall–Kier alpha value is -0.910. The molecule has 2 fully saturated rings. The van der Waals surface area contributed by atoms with Crippen LogP contribution in [0.1, 0.15) is 64.2 Å². The van der Waals surface area contributed by atoms with Crippen molar-refractivity contribution in [1.82, 2.24) is 4.31 Å². The Morgan fingerprint density at radius 2 is 1.40 bits per heavy atom. The molecule has 0 aromatic rings. The molecule has 4 amide bonds. The summed E-state index contributed by atoms with van der Waals surface area (Å²) in [4.78, 5) is 22.9. The molecule has 2 rings (SSSR count). The molecule has 0 saturated heterocycles. The van der Waals surface area contributed by atoms with Crippen LogP contribution in [-0.4, -0.2) is 21.1 Å². The molecule has 0 bridgehead atoms. The molecule has 114 valence electrons. The lowest BCUT2D eigenvalue weighted by Gasteiger charge is -2.45. The van der Waals surface area contributed by atoms with E-state index in [1.54, 1.807) is 0 Å². The summed E-state index contributed by atoms with van der Waals surface area (Å²) >= 11 is 1.32. The SMILES string of the molecule is NC(=O)N(SC1(C2CCCCC2)CCCCC1)C(N)=O. The fourth-order valence-electron chi connectivity index (χ4n) is 3.73. The largest absolute Gasteiger partial charge is 0.350 e. The second-order valence-electron chi connectivity index (χ2n) is 6.02. The third-order valence-electron chi connectivity index (χ3n) is 4.72. The number of carbonyl (C=O) groups is 2. The van der Waals surface area contributed by atoms with Crippen LogP contribution in [0.25, 0.3) is 0 Å². The first-order valence-corrected chi connectivity index (χ1v) is 8.41. The molecule has 5 nitrogen and oxygen atoms in total. The van der Waals surface area contributed by atoms with E-state index in [9.17, 15) is 9.59 Å². The van der Waals surface area contributed by atoms with Crippen molar-refractivity contribution in [2.45, 2.75) is 69.0 Å². The van der Waals surface area contributed by atoms with Gasteiger partial charge in [0.1, 0.15) is 0 Å². The zero-order chi connectivity index (χ0) is 14.6. The Morgan fingerprint density at radius 1 is 0.900 bits per heavy atom. The molecule has 0 heterocycles. The van der Waals surface area contributed by atoms with Crippen LogP contribution in [0.5, 0.6) is 0 Å². The van der Waals surface area contributed by atoms with Gasteiger partial charge in [0.15, 0.2) is 0 Å². The monoisotopic (exact) mass is 299 g/mol. The quantitative estimate of drug-likeness (QED) is 0.783. The number of urea groups is 2. The Labute approximate surface area is 124 Å². The summed E-state index contributed by atoms with van der Waals surface area (Å²) in [5.74, 6) is 0.572. The summed E-state index contributed by atoms with van der Waals surface area (Å²) in [6.07, 6.45) is 11.9. The van der Waals surface area contributed by atoms with Gasteiger partial charge in [0, 0.05) is 4.75 Å². The summed E-state index contributed by atoms with van der Waals surface area (Å²) < 4.78 is 0.947. The lowest BCUT2D eigenvalue weighted by Crippen LogP contribution is -2.47. The van der Waals surface area contributed by atoms with Crippen molar-refractivity contribution in [3.63, 3.8) is 0 Å². The van der Waals surface area contributed by atoms with Gasteiger partial charge in [-0.25, -0.2) is 9.59 Å². The molecular weight excluding hydrogens is 274 g/mol. The number of rotatable bonds is 3. The minimum absolute atomic E-state index is 0.0251. The average Bonchev–Trinajstić information content (AvgIpc) is 2.46. The fraction of sp³-hybridized carbons (Fsp3) is 0.857. The number of hydrogen-bond acceptors (Lipinski definition) is 3. The zero-order valence-electron chi connectivity index (χ0n) is 12.0. The highest BCUT2D eigenvalue weighted by atomic mass is 32.2. The van der Waals surface area contributed by atoms with E-state index in [0.717, 1.165) is 30.0 Å². The molecule has 0 aromatic carbocycles. The number of carbonyl (C=O) groups excluding carboxylic acids is 2. The summed E-state index contributed by atoms with van der Waals surface area (Å²) in [6, 6.07) is -1.49. The van der Waals surface area contributed by atoms with Crippen LogP contribution in [0.3, 0.4) is 0 Å². The topological polar surface area (TPSA) is 89.4 Å². The molecule has 4 N–H and O–H groups in total. The molecule has 2 saturated carbocycles. The van der Waals surface area contributed by atoms with E-state index in [-0.39, 0.29) is 4.75 Å². The second-order valence-corrected chi connectivity index (χ2v) is 7.38. The van der Waals surface area contributed by atoms with E-state index in [2.05, 4.69) is 0 Å². The van der Waals surface area contributed by atoms with E-state index >= 15 is 0 Å². The Morgan fingerprint density at radius 3 is 1.90 bits per heavy atom. The Balaban J connectivity index is 2.17. The number of amides is 4. The van der Waals surface area contributed by atoms with Crippen LogP contribution in [0.15, 0.2) is 0 Å². The van der Waals surface area contributed by atoms with Gasteiger partial charge in [0.25, 0.3) is 0 Å². The molecule has 0 atom stereocenters. The summed E-state index contributed by atoms with van der Waals surface area (Å²) in [5, 5.41) is 0. The molecular formula is C14H25N3O2S. The number of nitrogens with two attached hydrogens (primary N) is 2. The van der Waals surface area contributed by atoms with Gasteiger partial charge in [-0.15, -0.1) is 0 Å². The molecule has 0 unspecified atom stereocenters. The lowest BCUT2D eigenvalue weighted by molar-refractivity contribution is 0.210. The van der Waals surface area contributed by atoms with E-state index in [4.69, 9.17) is 11.5 Å². The van der Waals surface area contributed by atoms with Crippen LogP contribution < -0.4 is 11.5 Å². The number of imide groups is 1. The first-order chi connectivity index (χ1) is 9.55. The first kappa shape index (κ1) is 15.5. The highest BCUT2D eigenvalue weighted by Gasteiger charge is 2.44. The van der Waals surface area contributed by atoms with Gasteiger partial charge in [-0.3, -0.25) is 0 Å². The van der Waals surface area contributed by atoms with Gasteiger partial charge in [0.05, 0.1) is 0 Å². The Bertz CT molecular complexity index is 349. The van der Waals surface area contributed by atoms with E-state index in [1.165, 1.54) is 50.5 Å². The van der Waals surface area contributed by atoms with Gasteiger partial charge >= 0.3 is 12.1 Å². The van der Waals surface area contributed by atoms with Crippen LogP contribution >= 0.6 is 11.9 Å². The van der Waals surface area contributed by atoms with Gasteiger partial charge < -0.3 is 11.5 Å². The van der Waals surface area contributed by atoms with Crippen molar-refractivity contribution in [1.29, 1.82) is 0 Å². The minimum atomic E-state index is -0.747. The molecule has 0 aliphatic heterocycles. The third-order valence-corrected chi connectivity index (χ3v) is 6.37. The predicted molar refractivity (Wildman–Crippen MR) is 81.0 cm³/mol. The molecule has 0 spiro atoms.